The summed E-state index contributed by atoms with van der Waals surface area (Å²) in [6.45, 7) is 6.56. The lowest BCUT2D eigenvalue weighted by atomic mass is 9.66. The number of halogens is 1. The summed E-state index contributed by atoms with van der Waals surface area (Å²) < 4.78 is 0. The predicted molar refractivity (Wildman–Crippen MR) is 90.1 cm³/mol. The van der Waals surface area contributed by atoms with Crippen LogP contribution in [0.2, 0.25) is 5.02 Å². The van der Waals surface area contributed by atoms with Gasteiger partial charge in [-0.2, -0.15) is 0 Å². The highest BCUT2D eigenvalue weighted by atomic mass is 35.5. The Labute approximate surface area is 133 Å². The normalized spacial score (nSPS) is 22.1. The third kappa shape index (κ3) is 3.53. The van der Waals surface area contributed by atoms with Crippen LogP contribution in [-0.4, -0.2) is 44.2 Å². The molecule has 1 aromatic carbocycles. The summed E-state index contributed by atoms with van der Waals surface area (Å²) in [5.41, 5.74) is 7.68. The summed E-state index contributed by atoms with van der Waals surface area (Å²) in [6, 6.07) is 8.19. The van der Waals surface area contributed by atoms with E-state index in [9.17, 15) is 0 Å². The monoisotopic (exact) mass is 307 g/mol. The Balaban J connectivity index is 1.47. The molecule has 1 heterocycles. The largest absolute Gasteiger partial charge is 0.369 e. The maximum Gasteiger partial charge on any atom is 0.0426 e. The van der Waals surface area contributed by atoms with Crippen LogP contribution in [0.5, 0.6) is 0 Å². The Morgan fingerprint density at radius 3 is 2.48 bits per heavy atom. The third-order valence-corrected chi connectivity index (χ3v) is 5.59. The van der Waals surface area contributed by atoms with Gasteiger partial charge in [-0.15, -0.1) is 0 Å². The van der Waals surface area contributed by atoms with Gasteiger partial charge in [-0.3, -0.25) is 4.90 Å². The smallest absolute Gasteiger partial charge is 0.0426 e. The second kappa shape index (κ2) is 6.55. The SMILES string of the molecule is NCC1(CCN2CCN(c3cccc(Cl)c3)CC2)CCC1. The molecular weight excluding hydrogens is 282 g/mol. The van der Waals surface area contributed by atoms with Crippen LogP contribution in [0.4, 0.5) is 5.69 Å². The molecule has 0 spiro atoms. The highest BCUT2D eigenvalue weighted by Crippen LogP contribution is 2.43. The highest BCUT2D eigenvalue weighted by Gasteiger charge is 2.35. The number of nitrogens with zero attached hydrogens (tertiary/aromatic N) is 2. The van der Waals surface area contributed by atoms with Crippen LogP contribution >= 0.6 is 11.6 Å². The molecule has 1 saturated carbocycles. The van der Waals surface area contributed by atoms with Gasteiger partial charge < -0.3 is 10.6 Å². The maximum absolute atomic E-state index is 6.08. The molecule has 0 unspecified atom stereocenters. The molecule has 3 nitrogen and oxygen atoms in total. The van der Waals surface area contributed by atoms with Crippen molar-refractivity contribution in [1.82, 2.24) is 4.90 Å². The van der Waals surface area contributed by atoms with E-state index in [1.165, 1.54) is 37.9 Å². The van der Waals surface area contributed by atoms with Gasteiger partial charge >= 0.3 is 0 Å². The summed E-state index contributed by atoms with van der Waals surface area (Å²) >= 11 is 6.08. The van der Waals surface area contributed by atoms with Crippen LogP contribution in [0, 0.1) is 5.41 Å². The van der Waals surface area contributed by atoms with Crippen LogP contribution < -0.4 is 10.6 Å². The Kier molecular flexibility index (Phi) is 4.72. The van der Waals surface area contributed by atoms with Crippen LogP contribution in [-0.2, 0) is 0 Å². The topological polar surface area (TPSA) is 32.5 Å². The first-order chi connectivity index (χ1) is 10.2. The van der Waals surface area contributed by atoms with Crippen molar-refractivity contribution in [2.75, 3.05) is 44.2 Å². The van der Waals surface area contributed by atoms with E-state index in [1.54, 1.807) is 0 Å². The Morgan fingerprint density at radius 1 is 1.14 bits per heavy atom. The number of rotatable bonds is 5. The van der Waals surface area contributed by atoms with Crippen molar-refractivity contribution in [2.24, 2.45) is 11.1 Å². The second-order valence-electron chi connectivity index (χ2n) is 6.62. The number of hydrogen-bond donors (Lipinski definition) is 1. The van der Waals surface area contributed by atoms with Gasteiger partial charge in [-0.25, -0.2) is 0 Å². The van der Waals surface area contributed by atoms with Crippen molar-refractivity contribution in [3.63, 3.8) is 0 Å². The summed E-state index contributed by atoms with van der Waals surface area (Å²) in [5, 5.41) is 0.824. The molecule has 0 atom stereocenters. The van der Waals surface area contributed by atoms with E-state index in [0.717, 1.165) is 37.7 Å². The van der Waals surface area contributed by atoms with Crippen LogP contribution in [0.1, 0.15) is 25.7 Å². The molecule has 0 amide bonds. The van der Waals surface area contributed by atoms with Crippen LogP contribution in [0.25, 0.3) is 0 Å². The van der Waals surface area contributed by atoms with Crippen LogP contribution in [0.15, 0.2) is 24.3 Å². The number of nitrogens with two attached hydrogens (primary N) is 1. The fraction of sp³-hybridized carbons (Fsp3) is 0.647. The minimum atomic E-state index is 0.476. The van der Waals surface area contributed by atoms with Gasteiger partial charge in [0.05, 0.1) is 0 Å². The first-order valence-corrected chi connectivity index (χ1v) is 8.52. The maximum atomic E-state index is 6.08. The van der Waals surface area contributed by atoms with Gasteiger partial charge in [-0.05, 0) is 56.0 Å². The van der Waals surface area contributed by atoms with E-state index in [1.807, 2.05) is 12.1 Å². The Hall–Kier alpha value is -0.770. The summed E-state index contributed by atoms with van der Waals surface area (Å²) in [5.74, 6) is 0. The molecule has 21 heavy (non-hydrogen) atoms. The van der Waals surface area contributed by atoms with Crippen molar-refractivity contribution < 1.29 is 0 Å². The zero-order chi connectivity index (χ0) is 14.7. The quantitative estimate of drug-likeness (QED) is 0.907. The third-order valence-electron chi connectivity index (χ3n) is 5.35. The minimum Gasteiger partial charge on any atom is -0.369 e. The van der Waals surface area contributed by atoms with Gasteiger partial charge in [0.25, 0.3) is 0 Å². The molecule has 2 fully saturated rings. The van der Waals surface area contributed by atoms with Crippen molar-refractivity contribution in [3.05, 3.63) is 29.3 Å². The number of anilines is 1. The van der Waals surface area contributed by atoms with E-state index in [4.69, 9.17) is 17.3 Å². The highest BCUT2D eigenvalue weighted by molar-refractivity contribution is 6.30. The number of benzene rings is 1. The first kappa shape index (κ1) is 15.1. The lowest BCUT2D eigenvalue weighted by Crippen LogP contribution is -2.48. The molecule has 1 aliphatic carbocycles. The molecule has 1 aliphatic heterocycles. The Morgan fingerprint density at radius 2 is 1.90 bits per heavy atom. The molecule has 0 bridgehead atoms. The first-order valence-electron chi connectivity index (χ1n) is 8.14. The minimum absolute atomic E-state index is 0.476. The molecule has 4 heteroatoms. The van der Waals surface area contributed by atoms with Crippen molar-refractivity contribution in [2.45, 2.75) is 25.7 Å². The molecule has 116 valence electrons. The standard InChI is InChI=1S/C17H26ClN3/c18-15-3-1-4-16(13-15)21-11-9-20(10-12-21)8-7-17(14-19)5-2-6-17/h1,3-4,13H,2,5-12,14,19H2. The molecule has 0 radical (unpaired) electrons. The van der Waals surface area contributed by atoms with Crippen molar-refractivity contribution >= 4 is 17.3 Å². The molecular formula is C17H26ClN3. The lowest BCUT2D eigenvalue weighted by Gasteiger charge is -2.43. The molecule has 2 N–H and O–H groups in total. The predicted octanol–water partition coefficient (Wildman–Crippen LogP) is 2.98. The zero-order valence-electron chi connectivity index (χ0n) is 12.7. The summed E-state index contributed by atoms with van der Waals surface area (Å²) in [6.07, 6.45) is 5.33. The molecule has 2 aliphatic rings. The van der Waals surface area contributed by atoms with E-state index in [0.29, 0.717) is 5.41 Å². The number of piperazine rings is 1. The van der Waals surface area contributed by atoms with E-state index >= 15 is 0 Å². The molecule has 3 rings (SSSR count). The van der Waals surface area contributed by atoms with Gasteiger partial charge in [-0.1, -0.05) is 24.1 Å². The Bertz CT molecular complexity index is 459. The summed E-state index contributed by atoms with van der Waals surface area (Å²) in [7, 11) is 0. The van der Waals surface area contributed by atoms with Gasteiger partial charge in [0.1, 0.15) is 0 Å². The fourth-order valence-electron chi connectivity index (χ4n) is 3.53. The zero-order valence-corrected chi connectivity index (χ0v) is 13.5. The average Bonchev–Trinajstić information content (AvgIpc) is 2.47. The second-order valence-corrected chi connectivity index (χ2v) is 7.05. The van der Waals surface area contributed by atoms with Gasteiger partial charge in [0.2, 0.25) is 0 Å². The lowest BCUT2D eigenvalue weighted by molar-refractivity contribution is 0.104. The van der Waals surface area contributed by atoms with Gasteiger partial charge in [0.15, 0.2) is 0 Å². The average molecular weight is 308 g/mol. The molecule has 1 aromatic rings. The summed E-state index contributed by atoms with van der Waals surface area (Å²) in [4.78, 5) is 5.03. The van der Waals surface area contributed by atoms with Crippen molar-refractivity contribution in [3.8, 4) is 0 Å². The van der Waals surface area contributed by atoms with Crippen LogP contribution in [0.3, 0.4) is 0 Å². The van der Waals surface area contributed by atoms with E-state index < -0.39 is 0 Å². The van der Waals surface area contributed by atoms with E-state index in [2.05, 4.69) is 21.9 Å². The molecule has 0 aromatic heterocycles. The molecule has 1 saturated heterocycles. The van der Waals surface area contributed by atoms with Crippen molar-refractivity contribution in [1.29, 1.82) is 0 Å². The van der Waals surface area contributed by atoms with E-state index in [-0.39, 0.29) is 0 Å². The fourth-order valence-corrected chi connectivity index (χ4v) is 3.72. The number of hydrogen-bond acceptors (Lipinski definition) is 3. The van der Waals surface area contributed by atoms with Gasteiger partial charge in [0, 0.05) is 36.9 Å².